The summed E-state index contributed by atoms with van der Waals surface area (Å²) < 4.78 is 6.04. The van der Waals surface area contributed by atoms with Crippen molar-refractivity contribution in [1.82, 2.24) is 9.97 Å². The first-order valence-corrected chi connectivity index (χ1v) is 11.4. The molecule has 0 bridgehead atoms. The van der Waals surface area contributed by atoms with E-state index in [9.17, 15) is 0 Å². The second kappa shape index (κ2) is 7.51. The molecule has 32 heavy (non-hydrogen) atoms. The predicted octanol–water partition coefficient (Wildman–Crippen LogP) is 6.27. The first-order valence-electron chi connectivity index (χ1n) is 11.4. The van der Waals surface area contributed by atoms with Gasteiger partial charge in [0.05, 0.1) is 26.8 Å². The van der Waals surface area contributed by atoms with E-state index < -0.39 is 5.21 Å². The van der Waals surface area contributed by atoms with Crippen LogP contribution in [0, 0.1) is 5.92 Å². The number of hydrogen-bond acceptors (Lipinski definition) is 3. The van der Waals surface area contributed by atoms with Gasteiger partial charge in [0, 0.05) is 28.7 Å². The molecule has 0 amide bonds. The van der Waals surface area contributed by atoms with Gasteiger partial charge in [-0.15, -0.1) is 0 Å². The zero-order chi connectivity index (χ0) is 21.7. The Morgan fingerprint density at radius 2 is 1.72 bits per heavy atom. The molecule has 0 aliphatic heterocycles. The van der Waals surface area contributed by atoms with Gasteiger partial charge < -0.3 is 4.42 Å². The highest BCUT2D eigenvalue weighted by molar-refractivity contribution is 6.40. The summed E-state index contributed by atoms with van der Waals surface area (Å²) in [5.41, 5.74) is 4.28. The zero-order valence-corrected chi connectivity index (χ0v) is 17.9. The van der Waals surface area contributed by atoms with E-state index in [0.717, 1.165) is 56.8 Å². The second-order valence-electron chi connectivity index (χ2n) is 9.04. The lowest BCUT2D eigenvalue weighted by atomic mass is 9.43. The fraction of sp³-hybridized carbons (Fsp3) is 0.259. The van der Waals surface area contributed by atoms with Crippen LogP contribution in [0.1, 0.15) is 37.7 Å². The molecule has 152 valence electrons. The fourth-order valence-corrected chi connectivity index (χ4v) is 5.23. The van der Waals surface area contributed by atoms with Gasteiger partial charge in [0.25, 0.3) is 0 Å². The van der Waals surface area contributed by atoms with Crippen LogP contribution in [0.5, 0.6) is 0 Å². The fourth-order valence-electron chi connectivity index (χ4n) is 5.23. The molecule has 1 fully saturated rings. The molecular weight excluding hydrogens is 390 g/mol. The Labute approximate surface area is 190 Å². The van der Waals surface area contributed by atoms with Crippen LogP contribution in [0.4, 0.5) is 0 Å². The first kappa shape index (κ1) is 19.6. The summed E-state index contributed by atoms with van der Waals surface area (Å²) in [6, 6.07) is 18.4. The number of fused-ring (bicyclic) bond motifs is 5. The van der Waals surface area contributed by atoms with Crippen molar-refractivity contribution < 1.29 is 4.42 Å². The van der Waals surface area contributed by atoms with Crippen molar-refractivity contribution >= 4 is 48.5 Å². The van der Waals surface area contributed by atoms with E-state index in [4.69, 9.17) is 20.1 Å². The van der Waals surface area contributed by atoms with Gasteiger partial charge in [-0.3, -0.25) is 4.98 Å². The van der Waals surface area contributed by atoms with Crippen molar-refractivity contribution in [2.45, 2.75) is 37.3 Å². The zero-order valence-electron chi connectivity index (χ0n) is 17.9. The summed E-state index contributed by atoms with van der Waals surface area (Å²) >= 11 is 0. The van der Waals surface area contributed by atoms with Gasteiger partial charge in [0.2, 0.25) is 5.71 Å². The molecule has 5 heteroatoms. The Bertz CT molecular complexity index is 1450. The van der Waals surface area contributed by atoms with Crippen LogP contribution in [-0.2, 0) is 5.21 Å². The van der Waals surface area contributed by atoms with E-state index >= 15 is 0 Å². The van der Waals surface area contributed by atoms with Crippen molar-refractivity contribution in [3.63, 3.8) is 0 Å². The number of aromatic nitrogens is 2. The number of benzene rings is 2. The largest absolute Gasteiger partial charge is 0.438 e. The molecule has 0 unspecified atom stereocenters. The van der Waals surface area contributed by atoms with Crippen molar-refractivity contribution in [3.8, 4) is 11.3 Å². The van der Waals surface area contributed by atoms with E-state index in [1.54, 1.807) is 0 Å². The summed E-state index contributed by atoms with van der Waals surface area (Å²) in [6.07, 6.45) is 9.51. The van der Waals surface area contributed by atoms with E-state index in [1.807, 2.05) is 42.7 Å². The lowest BCUT2D eigenvalue weighted by molar-refractivity contribution is 0.327. The molecule has 3 aromatic heterocycles. The minimum atomic E-state index is -0.843. The molecule has 2 aromatic carbocycles. The van der Waals surface area contributed by atoms with Crippen LogP contribution in [0.2, 0.25) is 0 Å². The van der Waals surface area contributed by atoms with Crippen molar-refractivity contribution in [2.24, 2.45) is 5.92 Å². The molecule has 1 aliphatic rings. The highest BCUT2D eigenvalue weighted by Crippen LogP contribution is 2.39. The van der Waals surface area contributed by atoms with E-state index in [-0.39, 0.29) is 0 Å². The molecule has 0 saturated heterocycles. The summed E-state index contributed by atoms with van der Waals surface area (Å²) in [4.78, 5) is 9.18. The molecule has 5 aromatic rings. The maximum Gasteiger partial charge on any atom is 0.227 e. The van der Waals surface area contributed by atoms with Gasteiger partial charge in [-0.05, 0) is 41.6 Å². The van der Waals surface area contributed by atoms with Crippen LogP contribution in [0.15, 0.2) is 71.4 Å². The van der Waals surface area contributed by atoms with Crippen LogP contribution < -0.4 is 0 Å². The van der Waals surface area contributed by atoms with E-state index in [0.29, 0.717) is 11.6 Å². The molecular formula is C27H22B2N2O. The topological polar surface area (TPSA) is 38.9 Å². The van der Waals surface area contributed by atoms with Gasteiger partial charge in [-0.25, -0.2) is 4.98 Å². The number of furan rings is 1. The molecule has 1 aliphatic carbocycles. The third-order valence-corrected chi connectivity index (χ3v) is 7.06. The molecule has 4 radical (unpaired) electrons. The lowest BCUT2D eigenvalue weighted by Gasteiger charge is -2.38. The Kier molecular flexibility index (Phi) is 4.60. The highest BCUT2D eigenvalue weighted by Gasteiger charge is 2.31. The molecule has 0 atom stereocenters. The van der Waals surface area contributed by atoms with Crippen LogP contribution in [-0.4, -0.2) is 25.7 Å². The molecule has 3 nitrogen and oxygen atoms in total. The molecule has 1 saturated carbocycles. The van der Waals surface area contributed by atoms with Gasteiger partial charge in [-0.2, -0.15) is 0 Å². The summed E-state index contributed by atoms with van der Waals surface area (Å²) in [5, 5.41) is 3.45. The lowest BCUT2D eigenvalue weighted by Crippen LogP contribution is -2.37. The SMILES string of the molecule is [B]C([B])(c1ccnc(-c2ccc3oc4ncc5ccccc5c4c3c2)c1)C1CCCCC1. The first-order chi connectivity index (χ1) is 15.6. The number of nitrogens with zero attached hydrogens (tertiary/aromatic N) is 2. The average molecular weight is 412 g/mol. The number of hydrogen-bond donors (Lipinski definition) is 0. The standard InChI is InChI=1S/C27H22B2N2O/c28-27(29,19-7-2-1-3-8-19)20-12-13-30-23(15-20)17-10-11-24-22(14-17)25-21-9-5-4-6-18(21)16-31-26(25)32-24/h4-6,9-16,19H,1-3,7-8H2. The molecule has 0 N–H and O–H groups in total. The third-order valence-electron chi connectivity index (χ3n) is 7.06. The Hall–Kier alpha value is -3.07. The van der Waals surface area contributed by atoms with Gasteiger partial charge in [0.15, 0.2) is 0 Å². The minimum Gasteiger partial charge on any atom is -0.438 e. The summed E-state index contributed by atoms with van der Waals surface area (Å²) in [6.45, 7) is 0. The van der Waals surface area contributed by atoms with Gasteiger partial charge in [-0.1, -0.05) is 67.1 Å². The van der Waals surface area contributed by atoms with Crippen LogP contribution in [0.25, 0.3) is 44.1 Å². The van der Waals surface area contributed by atoms with Crippen molar-refractivity contribution in [1.29, 1.82) is 0 Å². The highest BCUT2D eigenvalue weighted by atomic mass is 16.3. The molecule has 0 spiro atoms. The minimum absolute atomic E-state index is 0.296. The Morgan fingerprint density at radius 3 is 2.59 bits per heavy atom. The summed E-state index contributed by atoms with van der Waals surface area (Å²) in [7, 11) is 13.4. The second-order valence-corrected chi connectivity index (χ2v) is 9.04. The van der Waals surface area contributed by atoms with Gasteiger partial charge >= 0.3 is 0 Å². The van der Waals surface area contributed by atoms with Gasteiger partial charge in [0.1, 0.15) is 5.58 Å². The van der Waals surface area contributed by atoms with Crippen molar-refractivity contribution in [2.75, 3.05) is 0 Å². The maximum atomic E-state index is 6.70. The molecule has 3 heterocycles. The van der Waals surface area contributed by atoms with Crippen molar-refractivity contribution in [3.05, 3.63) is 72.6 Å². The Morgan fingerprint density at radius 1 is 0.875 bits per heavy atom. The quantitative estimate of drug-likeness (QED) is 0.328. The third kappa shape index (κ3) is 3.14. The normalized spacial score (nSPS) is 15.6. The number of rotatable bonds is 3. The van der Waals surface area contributed by atoms with Crippen LogP contribution in [0.3, 0.4) is 0 Å². The maximum absolute atomic E-state index is 6.70. The van der Waals surface area contributed by atoms with E-state index in [1.165, 1.54) is 19.3 Å². The van der Waals surface area contributed by atoms with E-state index in [2.05, 4.69) is 34.2 Å². The summed E-state index contributed by atoms with van der Waals surface area (Å²) in [5.74, 6) is 0.296. The number of pyridine rings is 2. The van der Waals surface area contributed by atoms with Crippen LogP contribution >= 0.6 is 0 Å². The smallest absolute Gasteiger partial charge is 0.227 e. The average Bonchev–Trinajstić information content (AvgIpc) is 3.23. The Balaban J connectivity index is 1.48. The molecule has 6 rings (SSSR count). The predicted molar refractivity (Wildman–Crippen MR) is 132 cm³/mol. The monoisotopic (exact) mass is 412 g/mol.